The van der Waals surface area contributed by atoms with Crippen LogP contribution in [0.15, 0.2) is 36.4 Å². The Balaban J connectivity index is 1.55. The van der Waals surface area contributed by atoms with Gasteiger partial charge in [0, 0.05) is 5.56 Å². The van der Waals surface area contributed by atoms with Crippen LogP contribution in [-0.2, 0) is 15.8 Å². The minimum atomic E-state index is -4.60. The van der Waals surface area contributed by atoms with Gasteiger partial charge in [0.05, 0.1) is 42.4 Å². The molecule has 2 aromatic carbocycles. The molecule has 1 heterocycles. The van der Waals surface area contributed by atoms with Crippen LogP contribution in [0.4, 0.5) is 18.9 Å². The lowest BCUT2D eigenvalue weighted by Gasteiger charge is -2.35. The maximum Gasteiger partial charge on any atom is 0.416 e. The van der Waals surface area contributed by atoms with Gasteiger partial charge in [0.15, 0.2) is 11.5 Å². The van der Waals surface area contributed by atoms with Crippen molar-refractivity contribution in [1.29, 1.82) is 0 Å². The second kappa shape index (κ2) is 11.9. The predicted octanol–water partition coefficient (Wildman–Crippen LogP) is 2.13. The number of ether oxygens (including phenoxy) is 2. The molecule has 1 saturated heterocycles. The summed E-state index contributed by atoms with van der Waals surface area (Å²) in [4.78, 5) is 37.5. The Hall–Kier alpha value is -3.20. The number of nitrogens with one attached hydrogen (secondary N) is 4. The van der Waals surface area contributed by atoms with E-state index in [2.05, 4.69) is 21.3 Å². The van der Waals surface area contributed by atoms with E-state index in [-0.39, 0.29) is 22.0 Å². The molecule has 3 atom stereocenters. The zero-order valence-corrected chi connectivity index (χ0v) is 21.0. The molecule has 0 bridgehead atoms. The van der Waals surface area contributed by atoms with Crippen molar-refractivity contribution in [2.24, 2.45) is 5.73 Å². The standard InChI is InChI=1S/C22H23ClF3N5O5S/c1-35-14-6-3-10(7-15(14)36-2)19(33)29-17-18(27)30-21(31-20(17)34)37-9-16(32)28-13-8-11(22(24,25)26)4-5-12(13)23/h3-8,17-18,21,30H,9,27H2,1-2H3,(H,28,32)(H,29,33)(H,31,34). The normalized spacial score (nSPS) is 19.5. The van der Waals surface area contributed by atoms with Crippen molar-refractivity contribution in [2.45, 2.75) is 23.9 Å². The highest BCUT2D eigenvalue weighted by molar-refractivity contribution is 8.00. The summed E-state index contributed by atoms with van der Waals surface area (Å²) in [7, 11) is 2.87. The summed E-state index contributed by atoms with van der Waals surface area (Å²) >= 11 is 6.82. The van der Waals surface area contributed by atoms with Crippen molar-refractivity contribution in [3.8, 4) is 11.5 Å². The highest BCUT2D eigenvalue weighted by Gasteiger charge is 2.36. The Kier molecular flexibility index (Phi) is 9.12. The van der Waals surface area contributed by atoms with Gasteiger partial charge in [-0.15, -0.1) is 11.8 Å². The maximum atomic E-state index is 12.9. The summed E-state index contributed by atoms with van der Waals surface area (Å²) in [6.07, 6.45) is -5.60. The molecule has 3 rings (SSSR count). The van der Waals surface area contributed by atoms with Crippen molar-refractivity contribution in [1.82, 2.24) is 16.0 Å². The number of carbonyl (C=O) groups is 3. The van der Waals surface area contributed by atoms with Gasteiger partial charge >= 0.3 is 6.18 Å². The molecule has 2 aromatic rings. The van der Waals surface area contributed by atoms with Gasteiger partial charge in [0.25, 0.3) is 5.91 Å². The molecule has 0 saturated carbocycles. The number of alkyl halides is 3. The summed E-state index contributed by atoms with van der Waals surface area (Å²) in [5, 5.41) is 10.2. The van der Waals surface area contributed by atoms with Crippen molar-refractivity contribution in [3.05, 3.63) is 52.5 Å². The number of methoxy groups -OCH3 is 2. The fourth-order valence-corrected chi connectivity index (χ4v) is 4.29. The van der Waals surface area contributed by atoms with Crippen LogP contribution in [0.1, 0.15) is 15.9 Å². The second-order valence-corrected chi connectivity index (χ2v) is 9.15. The van der Waals surface area contributed by atoms with Crippen molar-refractivity contribution < 1.29 is 37.0 Å². The number of hydrogen-bond donors (Lipinski definition) is 5. The number of nitrogens with two attached hydrogens (primary N) is 1. The lowest BCUT2D eigenvalue weighted by Crippen LogP contribution is -2.70. The molecule has 15 heteroatoms. The molecule has 37 heavy (non-hydrogen) atoms. The first-order valence-corrected chi connectivity index (χ1v) is 12.0. The molecule has 0 aliphatic carbocycles. The largest absolute Gasteiger partial charge is 0.493 e. The molecule has 10 nitrogen and oxygen atoms in total. The minimum absolute atomic E-state index is 0.0643. The molecular formula is C22H23ClF3N5O5S. The summed E-state index contributed by atoms with van der Waals surface area (Å²) in [6, 6.07) is 5.91. The highest BCUT2D eigenvalue weighted by Crippen LogP contribution is 2.34. The number of benzene rings is 2. The van der Waals surface area contributed by atoms with Gasteiger partial charge in [-0.05, 0) is 36.4 Å². The number of anilines is 1. The molecule has 1 aliphatic rings. The van der Waals surface area contributed by atoms with Crippen molar-refractivity contribution in [3.63, 3.8) is 0 Å². The molecule has 200 valence electrons. The van der Waals surface area contributed by atoms with Crippen LogP contribution in [0.5, 0.6) is 11.5 Å². The monoisotopic (exact) mass is 561 g/mol. The summed E-state index contributed by atoms with van der Waals surface area (Å²) < 4.78 is 49.1. The smallest absolute Gasteiger partial charge is 0.416 e. The first-order valence-electron chi connectivity index (χ1n) is 10.6. The lowest BCUT2D eigenvalue weighted by atomic mass is 10.1. The van der Waals surface area contributed by atoms with E-state index in [9.17, 15) is 27.6 Å². The van der Waals surface area contributed by atoms with Crippen LogP contribution in [0.25, 0.3) is 0 Å². The van der Waals surface area contributed by atoms with Gasteiger partial charge < -0.3 is 31.2 Å². The zero-order chi connectivity index (χ0) is 27.3. The molecule has 0 aromatic heterocycles. The van der Waals surface area contributed by atoms with E-state index in [0.29, 0.717) is 11.5 Å². The molecule has 6 N–H and O–H groups in total. The molecule has 0 radical (unpaired) electrons. The number of hydrogen-bond acceptors (Lipinski definition) is 8. The van der Waals surface area contributed by atoms with Crippen LogP contribution in [0, 0.1) is 0 Å². The van der Waals surface area contributed by atoms with Crippen LogP contribution in [0.3, 0.4) is 0 Å². The van der Waals surface area contributed by atoms with Gasteiger partial charge in [0.2, 0.25) is 11.8 Å². The van der Waals surface area contributed by atoms with Gasteiger partial charge in [-0.1, -0.05) is 11.6 Å². The second-order valence-electron chi connectivity index (χ2n) is 7.65. The first kappa shape index (κ1) is 28.4. The Bertz CT molecular complexity index is 1190. The summed E-state index contributed by atoms with van der Waals surface area (Å²) in [6.45, 7) is 0. The lowest BCUT2D eigenvalue weighted by molar-refractivity contribution is -0.137. The molecule has 1 fully saturated rings. The van der Waals surface area contributed by atoms with E-state index >= 15 is 0 Å². The van der Waals surface area contributed by atoms with Crippen LogP contribution < -0.4 is 36.5 Å². The Morgan fingerprint density at radius 1 is 1.14 bits per heavy atom. The summed E-state index contributed by atoms with van der Waals surface area (Å²) in [5.41, 5.74) is 4.27. The molecule has 3 unspecified atom stereocenters. The molecule has 1 aliphatic heterocycles. The molecule has 3 amide bonds. The SMILES string of the molecule is COc1ccc(C(=O)NC2C(=O)NC(SCC(=O)Nc3cc(C(F)(F)F)ccc3Cl)NC2N)cc1OC. The van der Waals surface area contributed by atoms with Crippen molar-refractivity contribution in [2.75, 3.05) is 25.3 Å². The fraction of sp³-hybridized carbons (Fsp3) is 0.318. The third-order valence-electron chi connectivity index (χ3n) is 5.14. The average molecular weight is 562 g/mol. The van der Waals surface area contributed by atoms with E-state index in [0.717, 1.165) is 30.0 Å². The number of thioether (sulfide) groups is 1. The zero-order valence-electron chi connectivity index (χ0n) is 19.4. The Morgan fingerprint density at radius 2 is 1.84 bits per heavy atom. The van der Waals surface area contributed by atoms with Gasteiger partial charge in [0.1, 0.15) is 11.5 Å². The number of rotatable bonds is 8. The number of carbonyl (C=O) groups excluding carboxylic acids is 3. The van der Waals surface area contributed by atoms with E-state index < -0.39 is 47.2 Å². The summed E-state index contributed by atoms with van der Waals surface area (Å²) in [5.74, 6) is -1.33. The maximum absolute atomic E-state index is 12.9. The van der Waals surface area contributed by atoms with E-state index in [4.69, 9.17) is 26.8 Å². The van der Waals surface area contributed by atoms with E-state index in [1.807, 2.05) is 0 Å². The first-order chi connectivity index (χ1) is 17.4. The number of amides is 3. The highest BCUT2D eigenvalue weighted by atomic mass is 35.5. The molecular weight excluding hydrogens is 539 g/mol. The third-order valence-corrected chi connectivity index (χ3v) is 6.49. The third kappa shape index (κ3) is 7.19. The van der Waals surface area contributed by atoms with Crippen LogP contribution >= 0.6 is 23.4 Å². The van der Waals surface area contributed by atoms with Gasteiger partial charge in [-0.25, -0.2) is 0 Å². The van der Waals surface area contributed by atoms with Crippen molar-refractivity contribution >= 4 is 46.8 Å². The van der Waals surface area contributed by atoms with Crippen LogP contribution in [0.2, 0.25) is 5.02 Å². The van der Waals surface area contributed by atoms with E-state index in [1.54, 1.807) is 0 Å². The van der Waals surface area contributed by atoms with E-state index in [1.165, 1.54) is 32.4 Å². The van der Waals surface area contributed by atoms with Gasteiger partial charge in [-0.3, -0.25) is 19.7 Å². The van der Waals surface area contributed by atoms with Crippen LogP contribution in [-0.4, -0.2) is 55.4 Å². The van der Waals surface area contributed by atoms with Gasteiger partial charge in [-0.2, -0.15) is 13.2 Å². The Morgan fingerprint density at radius 3 is 2.46 bits per heavy atom. The molecule has 0 spiro atoms. The average Bonchev–Trinajstić information content (AvgIpc) is 2.85. The number of halogens is 4. The quantitative estimate of drug-likeness (QED) is 0.330. The topological polar surface area (TPSA) is 144 Å². The Labute approximate surface area is 218 Å². The minimum Gasteiger partial charge on any atom is -0.493 e. The fourth-order valence-electron chi connectivity index (χ4n) is 3.28. The predicted molar refractivity (Wildman–Crippen MR) is 131 cm³/mol.